The van der Waals surface area contributed by atoms with Gasteiger partial charge in [0.05, 0.1) is 12.1 Å². The number of ether oxygens (including phenoxy) is 1. The number of aromatic nitrogens is 3. The van der Waals surface area contributed by atoms with Crippen LogP contribution in [0.3, 0.4) is 0 Å². The molecule has 1 N–H and O–H groups in total. The number of carbonyl (C=O) groups excluding carboxylic acids is 1. The molecule has 0 fully saturated rings. The smallest absolute Gasteiger partial charge is 0.273 e. The van der Waals surface area contributed by atoms with Crippen LogP contribution in [0.4, 0.5) is 0 Å². The summed E-state index contributed by atoms with van der Waals surface area (Å²) < 4.78 is 9.34. The maximum atomic E-state index is 13.0. The highest BCUT2D eigenvalue weighted by molar-refractivity contribution is 5.94. The monoisotopic (exact) mass is 418 g/mol. The van der Waals surface area contributed by atoms with Crippen LogP contribution in [0, 0.1) is 6.92 Å². The van der Waals surface area contributed by atoms with E-state index in [-0.39, 0.29) is 11.5 Å². The molecule has 1 atom stereocenters. The number of benzene rings is 2. The number of hydrogen-bond donors (Lipinski definition) is 1. The molecule has 1 amide bonds. The molecular weight excluding hydrogens is 392 g/mol. The lowest BCUT2D eigenvalue weighted by Crippen LogP contribution is -2.32. The minimum atomic E-state index is -0.502. The van der Waals surface area contributed by atoms with Crippen molar-refractivity contribution in [3.8, 4) is 5.75 Å². The summed E-state index contributed by atoms with van der Waals surface area (Å²) in [5.41, 5.74) is 2.84. The van der Waals surface area contributed by atoms with Crippen LogP contribution >= 0.6 is 0 Å². The number of fused-ring (bicyclic) bond motifs is 3. The van der Waals surface area contributed by atoms with E-state index in [2.05, 4.69) is 17.2 Å². The Balaban J connectivity index is 1.59. The van der Waals surface area contributed by atoms with Crippen molar-refractivity contribution in [2.24, 2.45) is 0 Å². The third-order valence-corrected chi connectivity index (χ3v) is 5.30. The second-order valence-corrected chi connectivity index (χ2v) is 7.62. The normalized spacial score (nSPS) is 12.2. The Morgan fingerprint density at radius 3 is 2.65 bits per heavy atom. The van der Waals surface area contributed by atoms with Crippen LogP contribution in [-0.2, 0) is 11.3 Å². The van der Waals surface area contributed by atoms with Crippen molar-refractivity contribution < 1.29 is 9.53 Å². The lowest BCUT2D eigenvalue weighted by atomic mass is 10.2. The molecule has 4 rings (SSSR count). The van der Waals surface area contributed by atoms with E-state index >= 15 is 0 Å². The van der Waals surface area contributed by atoms with Crippen LogP contribution in [0.2, 0.25) is 0 Å². The fourth-order valence-electron chi connectivity index (χ4n) is 3.76. The first-order valence-corrected chi connectivity index (χ1v) is 10.5. The number of nitrogens with zero attached hydrogens (tertiary/aromatic N) is 3. The molecule has 2 heterocycles. The molecule has 0 bridgehead atoms. The van der Waals surface area contributed by atoms with Gasteiger partial charge in [-0.1, -0.05) is 31.2 Å². The van der Waals surface area contributed by atoms with Crippen LogP contribution in [0.25, 0.3) is 16.6 Å². The van der Waals surface area contributed by atoms with E-state index in [4.69, 9.17) is 4.74 Å². The summed E-state index contributed by atoms with van der Waals surface area (Å²) in [6.07, 6.45) is 0.960. The second-order valence-electron chi connectivity index (χ2n) is 7.62. The highest BCUT2D eigenvalue weighted by atomic mass is 16.5. The lowest BCUT2D eigenvalue weighted by molar-refractivity contribution is -0.124. The van der Waals surface area contributed by atoms with Crippen molar-refractivity contribution in [2.75, 3.05) is 6.61 Å². The minimum Gasteiger partial charge on any atom is -0.494 e. The van der Waals surface area contributed by atoms with E-state index in [1.807, 2.05) is 71.6 Å². The summed E-state index contributed by atoms with van der Waals surface area (Å²) in [6, 6.07) is 16.4. The van der Waals surface area contributed by atoms with Crippen LogP contribution in [0.5, 0.6) is 5.75 Å². The Bertz CT molecular complexity index is 1290. The average molecular weight is 418 g/mol. The zero-order valence-electron chi connectivity index (χ0n) is 18.0. The highest BCUT2D eigenvalue weighted by Gasteiger charge is 2.22. The van der Waals surface area contributed by atoms with E-state index < -0.39 is 6.04 Å². The molecule has 31 heavy (non-hydrogen) atoms. The molecule has 2 aromatic heterocycles. The molecular formula is C24H26N4O3. The number of rotatable bonds is 7. The maximum Gasteiger partial charge on any atom is 0.273 e. The molecule has 7 heteroatoms. The van der Waals surface area contributed by atoms with Gasteiger partial charge in [0, 0.05) is 23.7 Å². The van der Waals surface area contributed by atoms with E-state index in [9.17, 15) is 9.59 Å². The Labute approximate surface area is 180 Å². The van der Waals surface area contributed by atoms with Gasteiger partial charge in [-0.25, -0.2) is 4.52 Å². The van der Waals surface area contributed by atoms with E-state index in [1.165, 1.54) is 6.07 Å². The van der Waals surface area contributed by atoms with Gasteiger partial charge in [-0.15, -0.1) is 0 Å². The average Bonchev–Trinajstić information content (AvgIpc) is 3.11. The number of nitrogens with one attached hydrogen (secondary N) is 1. The van der Waals surface area contributed by atoms with Crippen molar-refractivity contribution in [1.82, 2.24) is 19.5 Å². The summed E-state index contributed by atoms with van der Waals surface area (Å²) in [4.78, 5) is 29.2. The fourth-order valence-corrected chi connectivity index (χ4v) is 3.76. The molecule has 7 nitrogen and oxygen atoms in total. The molecule has 0 spiro atoms. The minimum absolute atomic E-state index is 0.118. The maximum absolute atomic E-state index is 13.0. The highest BCUT2D eigenvalue weighted by Crippen LogP contribution is 2.25. The van der Waals surface area contributed by atoms with Crippen LogP contribution < -0.4 is 15.6 Å². The second kappa shape index (κ2) is 8.63. The number of amides is 1. The predicted molar refractivity (Wildman–Crippen MR) is 120 cm³/mol. The van der Waals surface area contributed by atoms with Gasteiger partial charge >= 0.3 is 0 Å². The third-order valence-electron chi connectivity index (χ3n) is 5.30. The lowest BCUT2D eigenvalue weighted by Gasteiger charge is -2.18. The SMILES string of the molecule is CCCOc1ccc(CNC(=O)[C@@H](C)n2c3ccccc3c3nc(=O)cc(C)n32)cc1. The summed E-state index contributed by atoms with van der Waals surface area (Å²) >= 11 is 0. The van der Waals surface area contributed by atoms with Crippen LogP contribution in [0.15, 0.2) is 59.4 Å². The molecule has 0 unspecified atom stereocenters. The number of hydrogen-bond acceptors (Lipinski definition) is 4. The first kappa shape index (κ1) is 20.7. The Hall–Kier alpha value is -3.61. The number of para-hydroxylation sites is 1. The first-order chi connectivity index (χ1) is 15.0. The van der Waals surface area contributed by atoms with E-state index in [1.54, 1.807) is 0 Å². The van der Waals surface area contributed by atoms with Crippen molar-refractivity contribution in [1.29, 1.82) is 0 Å². The zero-order valence-corrected chi connectivity index (χ0v) is 18.0. The zero-order chi connectivity index (χ0) is 22.0. The summed E-state index contributed by atoms with van der Waals surface area (Å²) in [6.45, 7) is 6.86. The van der Waals surface area contributed by atoms with Gasteiger partial charge in [0.15, 0.2) is 5.65 Å². The molecule has 0 aliphatic rings. The summed E-state index contributed by atoms with van der Waals surface area (Å²) in [7, 11) is 0. The Kier molecular flexibility index (Phi) is 5.75. The topological polar surface area (TPSA) is 77.6 Å². The van der Waals surface area contributed by atoms with Crippen molar-refractivity contribution in [3.05, 3.63) is 76.2 Å². The summed E-state index contributed by atoms with van der Waals surface area (Å²) in [5.74, 6) is 0.708. The number of aryl methyl sites for hydroxylation is 1. The van der Waals surface area contributed by atoms with Crippen molar-refractivity contribution in [3.63, 3.8) is 0 Å². The molecule has 0 aliphatic heterocycles. The Morgan fingerprint density at radius 2 is 1.90 bits per heavy atom. The molecule has 0 aliphatic carbocycles. The molecule has 0 saturated carbocycles. The van der Waals surface area contributed by atoms with Gasteiger partial charge in [0.2, 0.25) is 5.91 Å². The van der Waals surface area contributed by atoms with Crippen molar-refractivity contribution in [2.45, 2.75) is 39.8 Å². The molecule has 0 radical (unpaired) electrons. The fraction of sp³-hybridized carbons (Fsp3) is 0.292. The quantitative estimate of drug-likeness (QED) is 0.497. The van der Waals surface area contributed by atoms with Crippen molar-refractivity contribution >= 4 is 22.5 Å². The standard InChI is InChI=1S/C24H26N4O3/c1-4-13-31-19-11-9-18(10-12-19)15-25-24(30)17(3)28-21-8-6-5-7-20(21)23-26-22(29)14-16(2)27(23)28/h5-12,14,17H,4,13,15H2,1-3H3,(H,25,30)/t17-/m1/s1. The first-order valence-electron chi connectivity index (χ1n) is 10.5. The number of carbonyl (C=O) groups is 1. The van der Waals surface area contributed by atoms with Gasteiger partial charge in [-0.2, -0.15) is 4.98 Å². The van der Waals surface area contributed by atoms with Crippen LogP contribution in [-0.4, -0.2) is 26.7 Å². The van der Waals surface area contributed by atoms with Gasteiger partial charge in [0.1, 0.15) is 11.8 Å². The van der Waals surface area contributed by atoms with Gasteiger partial charge in [-0.3, -0.25) is 14.3 Å². The van der Waals surface area contributed by atoms with Gasteiger partial charge < -0.3 is 10.1 Å². The van der Waals surface area contributed by atoms with E-state index in [0.717, 1.165) is 34.3 Å². The van der Waals surface area contributed by atoms with Gasteiger partial charge in [0.25, 0.3) is 5.56 Å². The van der Waals surface area contributed by atoms with Gasteiger partial charge in [-0.05, 0) is 50.1 Å². The third kappa shape index (κ3) is 4.03. The molecule has 4 aromatic rings. The Morgan fingerprint density at radius 1 is 1.16 bits per heavy atom. The predicted octanol–water partition coefficient (Wildman–Crippen LogP) is 3.62. The van der Waals surface area contributed by atoms with Crippen LogP contribution in [0.1, 0.15) is 37.6 Å². The molecule has 0 saturated heterocycles. The molecule has 2 aromatic carbocycles. The largest absolute Gasteiger partial charge is 0.494 e. The summed E-state index contributed by atoms with van der Waals surface area (Å²) in [5, 5.41) is 3.85. The van der Waals surface area contributed by atoms with E-state index in [0.29, 0.717) is 18.8 Å². The molecule has 160 valence electrons.